The Morgan fingerprint density at radius 2 is 1.89 bits per heavy atom. The molecule has 104 valence electrons. The number of hydrogen-bond donors (Lipinski definition) is 1. The first-order valence-electron chi connectivity index (χ1n) is 7.10. The number of carbonyl (C=O) groups excluding carboxylic acids is 1. The lowest BCUT2D eigenvalue weighted by atomic mass is 9.86. The van der Waals surface area contributed by atoms with Crippen LogP contribution >= 0.6 is 0 Å². The number of nitrogens with zero attached hydrogens (tertiary/aromatic N) is 1. The van der Waals surface area contributed by atoms with E-state index in [9.17, 15) is 9.90 Å². The predicted molar refractivity (Wildman–Crippen MR) is 69.1 cm³/mol. The Bertz CT molecular complexity index is 285. The Morgan fingerprint density at radius 1 is 1.28 bits per heavy atom. The number of amides is 1. The molecule has 2 rings (SSSR count). The van der Waals surface area contributed by atoms with Crippen molar-refractivity contribution in [1.82, 2.24) is 4.90 Å². The summed E-state index contributed by atoms with van der Waals surface area (Å²) in [7, 11) is 1.81. The van der Waals surface area contributed by atoms with Gasteiger partial charge in [0.15, 0.2) is 0 Å². The van der Waals surface area contributed by atoms with E-state index in [2.05, 4.69) is 0 Å². The minimum Gasteiger partial charge on any atom is -0.391 e. The lowest BCUT2D eigenvalue weighted by molar-refractivity contribution is -0.138. The molecular formula is C14H25NO3. The van der Waals surface area contributed by atoms with Gasteiger partial charge >= 0.3 is 0 Å². The van der Waals surface area contributed by atoms with Crippen molar-refractivity contribution in [3.63, 3.8) is 0 Å². The van der Waals surface area contributed by atoms with Gasteiger partial charge in [-0.05, 0) is 37.5 Å². The summed E-state index contributed by atoms with van der Waals surface area (Å²) in [5.41, 5.74) is 0. The van der Waals surface area contributed by atoms with Gasteiger partial charge in [-0.25, -0.2) is 0 Å². The molecule has 4 nitrogen and oxygen atoms in total. The zero-order valence-corrected chi connectivity index (χ0v) is 11.5. The molecule has 18 heavy (non-hydrogen) atoms. The molecule has 0 aromatic heterocycles. The molecule has 2 fully saturated rings. The van der Waals surface area contributed by atoms with Gasteiger partial charge in [0, 0.05) is 32.7 Å². The second-order valence-corrected chi connectivity index (χ2v) is 5.86. The van der Waals surface area contributed by atoms with Gasteiger partial charge in [-0.15, -0.1) is 0 Å². The molecule has 1 N–H and O–H groups in total. The van der Waals surface area contributed by atoms with E-state index in [4.69, 9.17) is 4.74 Å². The number of rotatable bonds is 5. The Hall–Kier alpha value is -0.610. The van der Waals surface area contributed by atoms with Gasteiger partial charge in [0.2, 0.25) is 5.91 Å². The Balaban J connectivity index is 1.80. The lowest BCUT2D eigenvalue weighted by Gasteiger charge is -2.30. The van der Waals surface area contributed by atoms with E-state index in [1.165, 1.54) is 0 Å². The molecule has 0 spiro atoms. The third-order valence-corrected chi connectivity index (χ3v) is 4.37. The normalized spacial score (nSPS) is 24.6. The lowest BCUT2D eigenvalue weighted by Crippen LogP contribution is -2.41. The van der Waals surface area contributed by atoms with Crippen molar-refractivity contribution in [2.24, 2.45) is 17.8 Å². The van der Waals surface area contributed by atoms with Crippen LogP contribution in [0, 0.1) is 17.8 Å². The smallest absolute Gasteiger partial charge is 0.225 e. The fourth-order valence-corrected chi connectivity index (χ4v) is 2.77. The third kappa shape index (κ3) is 3.45. The van der Waals surface area contributed by atoms with Crippen LogP contribution in [0.15, 0.2) is 0 Å². The number of ether oxygens (including phenoxy) is 1. The van der Waals surface area contributed by atoms with Gasteiger partial charge in [0.25, 0.3) is 0 Å². The van der Waals surface area contributed by atoms with Gasteiger partial charge in [0.05, 0.1) is 6.10 Å². The van der Waals surface area contributed by atoms with Crippen LogP contribution in [0.25, 0.3) is 0 Å². The predicted octanol–water partition coefficient (Wildman–Crippen LogP) is 1.28. The van der Waals surface area contributed by atoms with Gasteiger partial charge in [-0.3, -0.25) is 4.79 Å². The van der Waals surface area contributed by atoms with Gasteiger partial charge < -0.3 is 14.7 Å². The van der Waals surface area contributed by atoms with E-state index in [-0.39, 0.29) is 17.9 Å². The summed E-state index contributed by atoms with van der Waals surface area (Å²) < 4.78 is 5.33. The van der Waals surface area contributed by atoms with Crippen LogP contribution < -0.4 is 0 Å². The van der Waals surface area contributed by atoms with Gasteiger partial charge in [0.1, 0.15) is 0 Å². The molecule has 1 saturated heterocycles. The van der Waals surface area contributed by atoms with E-state index in [0.29, 0.717) is 18.4 Å². The maximum atomic E-state index is 12.3. The highest BCUT2D eigenvalue weighted by atomic mass is 16.5. The van der Waals surface area contributed by atoms with E-state index in [1.54, 1.807) is 4.90 Å². The number of aliphatic hydroxyl groups is 1. The molecule has 4 heteroatoms. The summed E-state index contributed by atoms with van der Waals surface area (Å²) in [4.78, 5) is 14.0. The highest BCUT2D eigenvalue weighted by molar-refractivity contribution is 5.78. The Kier molecular flexibility index (Phi) is 4.62. The molecule has 0 aromatic rings. The van der Waals surface area contributed by atoms with Crippen molar-refractivity contribution in [3.8, 4) is 0 Å². The average Bonchev–Trinajstić information content (AvgIpc) is 3.22. The van der Waals surface area contributed by atoms with Crippen LogP contribution in [0.2, 0.25) is 0 Å². The monoisotopic (exact) mass is 255 g/mol. The molecule has 1 aliphatic heterocycles. The quantitative estimate of drug-likeness (QED) is 0.805. The summed E-state index contributed by atoms with van der Waals surface area (Å²) >= 11 is 0. The zero-order chi connectivity index (χ0) is 13.1. The first kappa shape index (κ1) is 13.8. The summed E-state index contributed by atoms with van der Waals surface area (Å²) in [6.07, 6.45) is 3.84. The van der Waals surface area contributed by atoms with Crippen LogP contribution in [0.5, 0.6) is 0 Å². The van der Waals surface area contributed by atoms with Crippen molar-refractivity contribution >= 4 is 5.91 Å². The molecule has 0 bridgehead atoms. The SMILES string of the molecule is CC(C(=O)N(C)CC(O)C1CC1)C1CCOCC1. The molecule has 0 aromatic carbocycles. The van der Waals surface area contributed by atoms with Crippen LogP contribution in [0.3, 0.4) is 0 Å². The topological polar surface area (TPSA) is 49.8 Å². The molecule has 0 radical (unpaired) electrons. The summed E-state index contributed by atoms with van der Waals surface area (Å²) in [6, 6.07) is 0. The van der Waals surface area contributed by atoms with Crippen LogP contribution in [-0.2, 0) is 9.53 Å². The zero-order valence-electron chi connectivity index (χ0n) is 11.5. The fourth-order valence-electron chi connectivity index (χ4n) is 2.77. The molecular weight excluding hydrogens is 230 g/mol. The highest BCUT2D eigenvalue weighted by Gasteiger charge is 2.33. The molecule has 1 saturated carbocycles. The second-order valence-electron chi connectivity index (χ2n) is 5.86. The number of likely N-dealkylation sites (N-methyl/N-ethyl adjacent to an activating group) is 1. The maximum absolute atomic E-state index is 12.3. The number of aliphatic hydroxyl groups excluding tert-OH is 1. The first-order valence-corrected chi connectivity index (χ1v) is 7.10. The fraction of sp³-hybridized carbons (Fsp3) is 0.929. The Morgan fingerprint density at radius 3 is 2.44 bits per heavy atom. The second kappa shape index (κ2) is 6.02. The van der Waals surface area contributed by atoms with Gasteiger partial charge in [-0.1, -0.05) is 6.92 Å². The van der Waals surface area contributed by atoms with Crippen LogP contribution in [-0.4, -0.2) is 48.8 Å². The molecule has 2 atom stereocenters. The number of carbonyl (C=O) groups is 1. The maximum Gasteiger partial charge on any atom is 0.225 e. The van der Waals surface area contributed by atoms with Gasteiger partial charge in [-0.2, -0.15) is 0 Å². The van der Waals surface area contributed by atoms with E-state index in [1.807, 2.05) is 14.0 Å². The van der Waals surface area contributed by atoms with Crippen molar-refractivity contribution in [2.45, 2.75) is 38.7 Å². The van der Waals surface area contributed by atoms with E-state index < -0.39 is 0 Å². The summed E-state index contributed by atoms with van der Waals surface area (Å²) in [6.45, 7) is 4.04. The molecule has 2 unspecified atom stereocenters. The van der Waals surface area contributed by atoms with Crippen LogP contribution in [0.4, 0.5) is 0 Å². The standard InChI is InChI=1S/C14H25NO3/c1-10(11-5-7-18-8-6-11)14(17)15(2)9-13(16)12-3-4-12/h10-13,16H,3-9H2,1-2H3. The Labute approximate surface area is 109 Å². The van der Waals surface area contributed by atoms with Crippen molar-refractivity contribution in [2.75, 3.05) is 26.8 Å². The summed E-state index contributed by atoms with van der Waals surface area (Å²) in [5, 5.41) is 9.89. The van der Waals surface area contributed by atoms with Crippen molar-refractivity contribution < 1.29 is 14.6 Å². The van der Waals surface area contributed by atoms with Crippen molar-refractivity contribution in [1.29, 1.82) is 0 Å². The minimum absolute atomic E-state index is 0.0466. The molecule has 1 aliphatic carbocycles. The largest absolute Gasteiger partial charge is 0.391 e. The highest BCUT2D eigenvalue weighted by Crippen LogP contribution is 2.33. The molecule has 1 amide bonds. The third-order valence-electron chi connectivity index (χ3n) is 4.37. The van der Waals surface area contributed by atoms with Crippen molar-refractivity contribution in [3.05, 3.63) is 0 Å². The van der Waals surface area contributed by atoms with Crippen LogP contribution in [0.1, 0.15) is 32.6 Å². The summed E-state index contributed by atoms with van der Waals surface area (Å²) in [5.74, 6) is 1.08. The molecule has 2 aliphatic rings. The van der Waals surface area contributed by atoms with E-state index >= 15 is 0 Å². The first-order chi connectivity index (χ1) is 8.59. The average molecular weight is 255 g/mol. The molecule has 1 heterocycles. The minimum atomic E-state index is -0.333. The van der Waals surface area contributed by atoms with E-state index in [0.717, 1.165) is 38.9 Å². The number of hydrogen-bond acceptors (Lipinski definition) is 3.